The van der Waals surface area contributed by atoms with E-state index in [1.807, 2.05) is 0 Å². The molecule has 0 radical (unpaired) electrons. The monoisotopic (exact) mass is 877 g/mol. The van der Waals surface area contributed by atoms with Crippen molar-refractivity contribution in [2.75, 3.05) is 65.8 Å². The van der Waals surface area contributed by atoms with Crippen LogP contribution in [0, 0.1) is 5.41 Å². The third-order valence-electron chi connectivity index (χ3n) is 11.2. The number of carbonyl (C=O) groups excluding carboxylic acids is 4. The van der Waals surface area contributed by atoms with E-state index in [9.17, 15) is 34.5 Å². The van der Waals surface area contributed by atoms with Gasteiger partial charge in [-0.15, -0.1) is 0 Å². The van der Waals surface area contributed by atoms with Crippen molar-refractivity contribution in [1.29, 1.82) is 0 Å². The van der Waals surface area contributed by atoms with Gasteiger partial charge in [0.15, 0.2) is 12.4 Å². The lowest BCUT2D eigenvalue weighted by Crippen LogP contribution is -2.62. The number of carbonyl (C=O) groups is 4. The second-order valence-corrected chi connectivity index (χ2v) is 16.5. The number of nitrogens with one attached hydrogen (secondary N) is 1. The lowest BCUT2D eigenvalue weighted by Gasteiger charge is -2.51. The van der Waals surface area contributed by atoms with E-state index in [0.717, 1.165) is 25.3 Å². The summed E-state index contributed by atoms with van der Waals surface area (Å²) < 4.78 is 57.3. The zero-order valence-corrected chi connectivity index (χ0v) is 36.0. The quantitative estimate of drug-likeness (QED) is 0.0734. The number of aliphatic hydroxyl groups excluding tert-OH is 2. The second-order valence-electron chi connectivity index (χ2n) is 16.5. The number of amides is 1. The number of esters is 3. The Balaban J connectivity index is 1.42. The summed E-state index contributed by atoms with van der Waals surface area (Å²) in [5, 5.41) is 36.8. The minimum atomic E-state index is -2.43. The van der Waals surface area contributed by atoms with Gasteiger partial charge >= 0.3 is 17.9 Å². The number of rotatable bonds is 13. The maximum Gasteiger partial charge on any atom is 0.339 e. The normalized spacial score (nSPS) is 31.9. The van der Waals surface area contributed by atoms with Crippen molar-refractivity contribution in [2.24, 2.45) is 5.41 Å². The minimum absolute atomic E-state index is 0.00332. The summed E-state index contributed by atoms with van der Waals surface area (Å²) in [6.45, 7) is 4.06. The Morgan fingerprint density at radius 1 is 0.935 bits per heavy atom. The van der Waals surface area contributed by atoms with Crippen LogP contribution in [0.1, 0.15) is 82.0 Å². The highest BCUT2D eigenvalue weighted by atomic mass is 16.7. The van der Waals surface area contributed by atoms with Crippen molar-refractivity contribution in [3.05, 3.63) is 53.6 Å². The van der Waals surface area contributed by atoms with E-state index in [0.29, 0.717) is 32.7 Å². The predicted molar refractivity (Wildman–Crippen MR) is 218 cm³/mol. The summed E-state index contributed by atoms with van der Waals surface area (Å²) in [5.74, 6) is -5.40. The molecule has 0 unspecified atom stereocenters. The van der Waals surface area contributed by atoms with Gasteiger partial charge in [-0.2, -0.15) is 0 Å². The van der Waals surface area contributed by atoms with Crippen LogP contribution in [0.4, 0.5) is 5.69 Å². The Morgan fingerprint density at radius 2 is 1.68 bits per heavy atom. The van der Waals surface area contributed by atoms with Crippen molar-refractivity contribution in [2.45, 2.75) is 126 Å². The number of aliphatic hydroxyl groups is 3. The minimum Gasteiger partial charge on any atom is -0.466 e. The summed E-state index contributed by atoms with van der Waals surface area (Å²) in [6.07, 6.45) is 1.37. The molecule has 0 saturated carbocycles. The molecule has 4 N–H and O–H groups in total. The van der Waals surface area contributed by atoms with E-state index in [1.165, 1.54) is 25.3 Å². The van der Waals surface area contributed by atoms with Gasteiger partial charge < -0.3 is 68.0 Å². The molecule has 5 rings (SSSR count). The van der Waals surface area contributed by atoms with Crippen molar-refractivity contribution < 1.29 is 81.9 Å². The Hall–Kier alpha value is -3.82. The summed E-state index contributed by atoms with van der Waals surface area (Å²) in [5.41, 5.74) is -1.07. The van der Waals surface area contributed by atoms with E-state index in [1.54, 1.807) is 39.2 Å². The largest absolute Gasteiger partial charge is 0.466 e. The van der Waals surface area contributed by atoms with E-state index >= 15 is 0 Å². The van der Waals surface area contributed by atoms with Crippen LogP contribution in [-0.2, 0) is 61.8 Å². The Labute approximate surface area is 362 Å². The molecule has 18 heteroatoms. The second kappa shape index (κ2) is 23.7. The van der Waals surface area contributed by atoms with Crippen molar-refractivity contribution in [1.82, 2.24) is 0 Å². The first-order valence-electron chi connectivity index (χ1n) is 21.3. The highest BCUT2D eigenvalue weighted by Gasteiger charge is 2.57. The van der Waals surface area contributed by atoms with Gasteiger partial charge in [0.2, 0.25) is 11.7 Å². The summed E-state index contributed by atoms with van der Waals surface area (Å²) in [4.78, 5) is 52.6. The maximum absolute atomic E-state index is 14.0. The molecule has 0 aliphatic carbocycles. The molecule has 18 nitrogen and oxygen atoms in total. The molecule has 1 aromatic rings. The molecule has 3 fully saturated rings. The van der Waals surface area contributed by atoms with Gasteiger partial charge in [-0.1, -0.05) is 26.0 Å². The van der Waals surface area contributed by atoms with Gasteiger partial charge in [-0.25, -0.2) is 9.59 Å². The van der Waals surface area contributed by atoms with Crippen molar-refractivity contribution >= 4 is 29.5 Å². The van der Waals surface area contributed by atoms with E-state index in [4.69, 9.17) is 47.4 Å². The molecular formula is C44H63NO17. The number of hydrogen-bond acceptors (Lipinski definition) is 17. The van der Waals surface area contributed by atoms with Crippen LogP contribution in [0.5, 0.6) is 0 Å². The fourth-order valence-corrected chi connectivity index (χ4v) is 7.94. The van der Waals surface area contributed by atoms with E-state index in [2.05, 4.69) is 5.32 Å². The van der Waals surface area contributed by atoms with Crippen LogP contribution in [0.25, 0.3) is 0 Å². The Bertz CT molecular complexity index is 1700. The standard InChI is InChI=1S/C44H63NO17/c1-43(2)13-11-40-57-14-12-34(60-40)24-33-10-6-9-32(58-33)22-31(47)23-39(50)59-36(26-46)25-35-20-29(21-38(49)54-4)41(44(43,52)62-35)61-42(51)28-7-5-8-30(19-28)45-37(48)27-56-18-17-55-16-15-53-3/h5,7-8,11,13,19,21,31-36,40-41,46-47,52H,6,9-10,12,14-18,20,22-27H2,1-4H3,(H,45,48)/b13-11-,29-21+/t31-,32+,33-,34+,35+,36-,40+,41+,44-/m1/s1. The lowest BCUT2D eigenvalue weighted by atomic mass is 9.74. The molecule has 346 valence electrons. The molecule has 4 aliphatic rings. The van der Waals surface area contributed by atoms with Gasteiger partial charge in [-0.3, -0.25) is 9.59 Å². The number of methoxy groups -OCH3 is 2. The molecular weight excluding hydrogens is 814 g/mol. The molecule has 3 saturated heterocycles. The summed E-state index contributed by atoms with van der Waals surface area (Å²) in [6, 6.07) is 5.94. The van der Waals surface area contributed by atoms with Crippen LogP contribution in [0.3, 0.4) is 0 Å². The number of cyclic esters (lactones) is 1. The third kappa shape index (κ3) is 14.4. The lowest BCUT2D eigenvalue weighted by molar-refractivity contribution is -0.324. The molecule has 0 aromatic heterocycles. The van der Waals surface area contributed by atoms with E-state index < -0.39 is 72.3 Å². The first-order chi connectivity index (χ1) is 29.7. The Morgan fingerprint density at radius 3 is 2.44 bits per heavy atom. The third-order valence-corrected chi connectivity index (χ3v) is 11.2. The van der Waals surface area contributed by atoms with Crippen molar-refractivity contribution in [3.63, 3.8) is 0 Å². The first kappa shape index (κ1) is 49.2. The number of ether oxygens (including phenoxy) is 10. The zero-order chi connectivity index (χ0) is 44.7. The van der Waals surface area contributed by atoms with Gasteiger partial charge in [0.1, 0.15) is 12.7 Å². The smallest absolute Gasteiger partial charge is 0.339 e. The van der Waals surface area contributed by atoms with Gasteiger partial charge in [0.05, 0.1) is 89.3 Å². The SMILES string of the molecule is COCCOCCOCC(=O)Nc1cccc(C(=O)O[C@H]2/C(=C/C(=O)OC)C[C@H]3C[C@H](CO)OC(=O)C[C@H](O)C[C@@H]4CCC[C@H](C[C@@H]5CCO[C@H](/C=C\C(C)(C)[C@]2(O)O3)O5)O4)c1. The highest BCUT2D eigenvalue weighted by molar-refractivity contribution is 5.95. The van der Waals surface area contributed by atoms with Crippen LogP contribution >= 0.6 is 0 Å². The van der Waals surface area contributed by atoms with Crippen LogP contribution in [0.15, 0.2) is 48.1 Å². The number of hydrogen-bond donors (Lipinski definition) is 4. The summed E-state index contributed by atoms with van der Waals surface area (Å²) in [7, 11) is 2.73. The van der Waals surface area contributed by atoms with Gasteiger partial charge in [0.25, 0.3) is 0 Å². The first-order valence-corrected chi connectivity index (χ1v) is 21.3. The average molecular weight is 878 g/mol. The van der Waals surface area contributed by atoms with Crippen LogP contribution < -0.4 is 5.32 Å². The predicted octanol–water partition coefficient (Wildman–Crippen LogP) is 2.90. The van der Waals surface area contributed by atoms with Crippen LogP contribution in [0.2, 0.25) is 0 Å². The molecule has 9 atom stereocenters. The number of benzene rings is 1. The maximum atomic E-state index is 14.0. The molecule has 1 amide bonds. The van der Waals surface area contributed by atoms with E-state index in [-0.39, 0.29) is 80.6 Å². The Kier molecular flexibility index (Phi) is 18.8. The van der Waals surface area contributed by atoms with Gasteiger partial charge in [0, 0.05) is 37.1 Å². The molecule has 4 heterocycles. The van der Waals surface area contributed by atoms with Crippen molar-refractivity contribution in [3.8, 4) is 0 Å². The molecule has 1 aromatic carbocycles. The average Bonchev–Trinajstić information content (AvgIpc) is 3.23. The zero-order valence-electron chi connectivity index (χ0n) is 36.0. The number of fused-ring (bicyclic) bond motifs is 6. The number of anilines is 1. The fraction of sp³-hybridized carbons (Fsp3) is 0.682. The van der Waals surface area contributed by atoms with Gasteiger partial charge in [-0.05, 0) is 68.4 Å². The molecule has 0 spiro atoms. The topological polar surface area (TPSA) is 233 Å². The molecule has 4 aliphatic heterocycles. The fourth-order valence-electron chi connectivity index (χ4n) is 7.94. The summed E-state index contributed by atoms with van der Waals surface area (Å²) >= 11 is 0. The van der Waals surface area contributed by atoms with Crippen LogP contribution in [-0.4, -0.2) is 154 Å². The highest BCUT2D eigenvalue weighted by Crippen LogP contribution is 2.47. The molecule has 62 heavy (non-hydrogen) atoms. The molecule has 6 bridgehead atoms.